The van der Waals surface area contributed by atoms with Crippen LogP contribution in [0.4, 0.5) is 0 Å². The minimum Gasteiger partial charge on any atom is -0.373 e. The van der Waals surface area contributed by atoms with E-state index in [0.717, 1.165) is 13.1 Å². The van der Waals surface area contributed by atoms with E-state index in [1.165, 1.54) is 0 Å². The van der Waals surface area contributed by atoms with Crippen molar-refractivity contribution in [1.82, 2.24) is 4.90 Å². The Kier molecular flexibility index (Phi) is 4.31. The third-order valence-corrected chi connectivity index (χ3v) is 3.05. The van der Waals surface area contributed by atoms with Gasteiger partial charge in [-0.3, -0.25) is 4.90 Å². The first kappa shape index (κ1) is 13.4. The molecule has 16 heavy (non-hydrogen) atoms. The molecule has 0 aromatic heterocycles. The van der Waals surface area contributed by atoms with Gasteiger partial charge in [-0.15, -0.1) is 0 Å². The van der Waals surface area contributed by atoms with Gasteiger partial charge in [0, 0.05) is 19.1 Å². The Bertz CT molecular complexity index is 262. The lowest BCUT2D eigenvalue weighted by Gasteiger charge is -2.40. The van der Waals surface area contributed by atoms with Crippen molar-refractivity contribution in [2.45, 2.75) is 57.9 Å². The molecule has 0 radical (unpaired) electrons. The highest BCUT2D eigenvalue weighted by molar-refractivity contribution is 5.03. The molecule has 0 amide bonds. The van der Waals surface area contributed by atoms with Crippen LogP contribution in [0.5, 0.6) is 0 Å². The second-order valence-electron chi connectivity index (χ2n) is 5.29. The van der Waals surface area contributed by atoms with Crippen molar-refractivity contribution >= 4 is 0 Å². The van der Waals surface area contributed by atoms with Gasteiger partial charge in [-0.05, 0) is 34.1 Å². The van der Waals surface area contributed by atoms with E-state index in [0.29, 0.717) is 12.5 Å². The molecular formula is C12H23N3O. The molecule has 0 spiro atoms. The van der Waals surface area contributed by atoms with Crippen LogP contribution in [0, 0.1) is 11.3 Å². The molecule has 4 nitrogen and oxygen atoms in total. The van der Waals surface area contributed by atoms with Crippen LogP contribution in [-0.2, 0) is 4.74 Å². The van der Waals surface area contributed by atoms with Gasteiger partial charge in [0.05, 0.1) is 18.3 Å². The molecule has 4 atom stereocenters. The van der Waals surface area contributed by atoms with Crippen LogP contribution in [0.1, 0.15) is 34.1 Å². The smallest absolute Gasteiger partial charge is 0.102 e. The molecule has 2 unspecified atom stereocenters. The third kappa shape index (κ3) is 3.75. The number of hydrogen-bond donors (Lipinski definition) is 1. The Balaban J connectivity index is 2.54. The minimum atomic E-state index is -0.732. The first-order chi connectivity index (χ1) is 7.34. The van der Waals surface area contributed by atoms with Crippen LogP contribution in [0.2, 0.25) is 0 Å². The van der Waals surface area contributed by atoms with E-state index in [4.69, 9.17) is 15.7 Å². The maximum atomic E-state index is 8.93. The summed E-state index contributed by atoms with van der Waals surface area (Å²) in [4.78, 5) is 2.36. The fraction of sp³-hybridized carbons (Fsp3) is 0.917. The summed E-state index contributed by atoms with van der Waals surface area (Å²) in [5.74, 6) is 0. The van der Waals surface area contributed by atoms with Gasteiger partial charge in [0.15, 0.2) is 0 Å². The van der Waals surface area contributed by atoms with Crippen LogP contribution in [0.25, 0.3) is 0 Å². The molecule has 0 aromatic rings. The van der Waals surface area contributed by atoms with Gasteiger partial charge in [0.25, 0.3) is 0 Å². The average molecular weight is 225 g/mol. The summed E-state index contributed by atoms with van der Waals surface area (Å²) in [6.07, 6.45) is 1.22. The van der Waals surface area contributed by atoms with Gasteiger partial charge in [-0.1, -0.05) is 0 Å². The van der Waals surface area contributed by atoms with Gasteiger partial charge in [-0.25, -0.2) is 0 Å². The van der Waals surface area contributed by atoms with Gasteiger partial charge in [0.2, 0.25) is 0 Å². The van der Waals surface area contributed by atoms with Crippen LogP contribution >= 0.6 is 0 Å². The first-order valence-electron chi connectivity index (χ1n) is 5.93. The van der Waals surface area contributed by atoms with Crippen molar-refractivity contribution in [3.63, 3.8) is 0 Å². The molecule has 1 heterocycles. The standard InChI is InChI=1S/C12H23N3O/c1-9(5-12(4,14)8-13)15-6-10(2)16-11(3)7-15/h9-11H,5-7,14H2,1-4H3/t9?,10-,11+,12?. The van der Waals surface area contributed by atoms with Gasteiger partial charge >= 0.3 is 0 Å². The highest BCUT2D eigenvalue weighted by Crippen LogP contribution is 2.18. The predicted molar refractivity (Wildman–Crippen MR) is 63.9 cm³/mol. The molecule has 1 fully saturated rings. The summed E-state index contributed by atoms with van der Waals surface area (Å²) < 4.78 is 5.69. The lowest BCUT2D eigenvalue weighted by Crippen LogP contribution is -2.52. The van der Waals surface area contributed by atoms with Crippen molar-refractivity contribution in [2.24, 2.45) is 5.73 Å². The zero-order valence-corrected chi connectivity index (χ0v) is 10.7. The highest BCUT2D eigenvalue weighted by atomic mass is 16.5. The van der Waals surface area contributed by atoms with Crippen LogP contribution in [0.3, 0.4) is 0 Å². The van der Waals surface area contributed by atoms with E-state index in [-0.39, 0.29) is 12.2 Å². The van der Waals surface area contributed by atoms with Crippen molar-refractivity contribution in [3.05, 3.63) is 0 Å². The Labute approximate surface area is 98.4 Å². The van der Waals surface area contributed by atoms with Gasteiger partial charge < -0.3 is 10.5 Å². The van der Waals surface area contributed by atoms with E-state index in [1.54, 1.807) is 6.92 Å². The van der Waals surface area contributed by atoms with Crippen LogP contribution < -0.4 is 5.73 Å². The molecule has 1 rings (SSSR count). The van der Waals surface area contributed by atoms with E-state index in [2.05, 4.69) is 31.7 Å². The Morgan fingerprint density at radius 3 is 2.44 bits per heavy atom. The molecule has 0 bridgehead atoms. The molecule has 1 aliphatic rings. The van der Waals surface area contributed by atoms with Crippen molar-refractivity contribution in [3.8, 4) is 6.07 Å². The second-order valence-corrected chi connectivity index (χ2v) is 5.29. The van der Waals surface area contributed by atoms with Crippen molar-refractivity contribution in [1.29, 1.82) is 5.26 Å². The summed E-state index contributed by atoms with van der Waals surface area (Å²) in [6, 6.07) is 2.48. The van der Waals surface area contributed by atoms with E-state index in [9.17, 15) is 0 Å². The molecule has 0 aromatic carbocycles. The van der Waals surface area contributed by atoms with E-state index in [1.807, 2.05) is 0 Å². The van der Waals surface area contributed by atoms with Crippen LogP contribution in [-0.4, -0.2) is 41.8 Å². The van der Waals surface area contributed by atoms with Gasteiger partial charge in [0.1, 0.15) is 5.54 Å². The summed E-state index contributed by atoms with van der Waals surface area (Å²) >= 11 is 0. The number of morpholine rings is 1. The molecule has 92 valence electrons. The molecule has 1 aliphatic heterocycles. The van der Waals surface area contributed by atoms with Crippen LogP contribution in [0.15, 0.2) is 0 Å². The normalized spacial score (nSPS) is 32.8. The maximum absolute atomic E-state index is 8.93. The van der Waals surface area contributed by atoms with Crippen molar-refractivity contribution < 1.29 is 4.74 Å². The largest absolute Gasteiger partial charge is 0.373 e. The molecule has 1 saturated heterocycles. The van der Waals surface area contributed by atoms with E-state index >= 15 is 0 Å². The number of ether oxygens (including phenoxy) is 1. The Morgan fingerprint density at radius 2 is 2.00 bits per heavy atom. The maximum Gasteiger partial charge on any atom is 0.102 e. The summed E-state index contributed by atoms with van der Waals surface area (Å²) in [5.41, 5.74) is 5.14. The SMILES string of the molecule is CC(CC(C)(N)C#N)N1C[C@@H](C)O[C@@H](C)C1. The molecular weight excluding hydrogens is 202 g/mol. The summed E-state index contributed by atoms with van der Waals surface area (Å²) in [7, 11) is 0. The van der Waals surface area contributed by atoms with Crippen molar-refractivity contribution in [2.75, 3.05) is 13.1 Å². The van der Waals surface area contributed by atoms with E-state index < -0.39 is 5.54 Å². The fourth-order valence-corrected chi connectivity index (χ4v) is 2.37. The lowest BCUT2D eigenvalue weighted by atomic mass is 9.95. The number of nitrogens with zero attached hydrogens (tertiary/aromatic N) is 2. The second kappa shape index (κ2) is 5.13. The molecule has 4 heteroatoms. The molecule has 0 aliphatic carbocycles. The topological polar surface area (TPSA) is 62.3 Å². The Hall–Kier alpha value is -0.630. The average Bonchev–Trinajstić information content (AvgIpc) is 2.15. The zero-order valence-electron chi connectivity index (χ0n) is 10.7. The van der Waals surface area contributed by atoms with Gasteiger partial charge in [-0.2, -0.15) is 5.26 Å². The minimum absolute atomic E-state index is 0.261. The number of rotatable bonds is 3. The Morgan fingerprint density at radius 1 is 1.50 bits per heavy atom. The predicted octanol–water partition coefficient (Wildman–Crippen LogP) is 1.12. The molecule has 0 saturated carbocycles. The fourth-order valence-electron chi connectivity index (χ4n) is 2.37. The highest BCUT2D eigenvalue weighted by Gasteiger charge is 2.29. The zero-order chi connectivity index (χ0) is 12.3. The molecule has 2 N–H and O–H groups in total. The lowest BCUT2D eigenvalue weighted by molar-refractivity contribution is -0.0802. The number of nitrogens with two attached hydrogens (primary N) is 1. The number of nitriles is 1. The quantitative estimate of drug-likeness (QED) is 0.781. The summed E-state index contributed by atoms with van der Waals surface area (Å²) in [6.45, 7) is 9.94. The third-order valence-electron chi connectivity index (χ3n) is 3.05. The first-order valence-corrected chi connectivity index (χ1v) is 5.93. The number of hydrogen-bond acceptors (Lipinski definition) is 4. The summed E-state index contributed by atoms with van der Waals surface area (Å²) in [5, 5.41) is 8.93. The monoisotopic (exact) mass is 225 g/mol.